The lowest BCUT2D eigenvalue weighted by molar-refractivity contribution is 0.297. The lowest BCUT2D eigenvalue weighted by atomic mass is 10.3. The van der Waals surface area contributed by atoms with Crippen LogP contribution in [0.4, 0.5) is 0 Å². The Labute approximate surface area is 102 Å². The van der Waals surface area contributed by atoms with Gasteiger partial charge in [0.25, 0.3) is 0 Å². The van der Waals surface area contributed by atoms with Crippen molar-refractivity contribution >= 4 is 0 Å². The van der Waals surface area contributed by atoms with Gasteiger partial charge in [0.15, 0.2) is 0 Å². The van der Waals surface area contributed by atoms with Gasteiger partial charge in [0.2, 0.25) is 0 Å². The molecular weight excluding hydrogens is 214 g/mol. The highest BCUT2D eigenvalue weighted by Gasteiger charge is 2.20. The number of rotatable bonds is 7. The molecule has 1 N–H and O–H groups in total. The highest BCUT2D eigenvalue weighted by atomic mass is 16.5. The first-order valence-corrected chi connectivity index (χ1v) is 6.09. The van der Waals surface area contributed by atoms with Gasteiger partial charge in [-0.25, -0.2) is 4.98 Å². The van der Waals surface area contributed by atoms with E-state index < -0.39 is 0 Å². The number of nitrogens with one attached hydrogen (secondary N) is 1. The second-order valence-electron chi connectivity index (χ2n) is 4.36. The Morgan fingerprint density at radius 2 is 2.35 bits per heavy atom. The van der Waals surface area contributed by atoms with Crippen molar-refractivity contribution in [2.75, 3.05) is 6.61 Å². The van der Waals surface area contributed by atoms with Crippen molar-refractivity contribution in [2.45, 2.75) is 38.8 Å². The molecule has 1 fully saturated rings. The van der Waals surface area contributed by atoms with Gasteiger partial charge in [-0.3, -0.25) is 0 Å². The van der Waals surface area contributed by atoms with Gasteiger partial charge in [-0.2, -0.15) is 4.98 Å². The zero-order valence-electron chi connectivity index (χ0n) is 10.3. The van der Waals surface area contributed by atoms with Gasteiger partial charge in [0.1, 0.15) is 0 Å². The van der Waals surface area contributed by atoms with Crippen LogP contribution in [-0.4, -0.2) is 22.6 Å². The summed E-state index contributed by atoms with van der Waals surface area (Å²) in [6.45, 7) is 7.00. The van der Waals surface area contributed by atoms with Crippen molar-refractivity contribution < 1.29 is 4.74 Å². The van der Waals surface area contributed by atoms with Gasteiger partial charge >= 0.3 is 6.01 Å². The summed E-state index contributed by atoms with van der Waals surface area (Å²) >= 11 is 0. The maximum Gasteiger partial charge on any atom is 0.316 e. The summed E-state index contributed by atoms with van der Waals surface area (Å²) in [6.07, 6.45) is 5.21. The molecule has 17 heavy (non-hydrogen) atoms. The summed E-state index contributed by atoms with van der Waals surface area (Å²) in [7, 11) is 0. The minimum atomic E-state index is 0.472. The van der Waals surface area contributed by atoms with Gasteiger partial charge in [-0.1, -0.05) is 6.08 Å². The molecule has 92 valence electrons. The third-order valence-corrected chi connectivity index (χ3v) is 2.59. The second-order valence-corrected chi connectivity index (χ2v) is 4.36. The SMILES string of the molecule is C=CCCOc1nc(C)cc(CNC2CC2)n1. The van der Waals surface area contributed by atoms with E-state index in [4.69, 9.17) is 4.74 Å². The summed E-state index contributed by atoms with van der Waals surface area (Å²) in [5.74, 6) is 0. The summed E-state index contributed by atoms with van der Waals surface area (Å²) in [6, 6.07) is 3.16. The largest absolute Gasteiger partial charge is 0.463 e. The number of aryl methyl sites for hydroxylation is 1. The minimum Gasteiger partial charge on any atom is -0.463 e. The molecule has 1 aliphatic rings. The maximum absolute atomic E-state index is 5.47. The summed E-state index contributed by atoms with van der Waals surface area (Å²) in [4.78, 5) is 8.63. The Morgan fingerprint density at radius 3 is 3.06 bits per heavy atom. The monoisotopic (exact) mass is 233 g/mol. The minimum absolute atomic E-state index is 0.472. The van der Waals surface area contributed by atoms with Crippen molar-refractivity contribution in [2.24, 2.45) is 0 Å². The molecule has 0 saturated heterocycles. The molecule has 0 radical (unpaired) electrons. The molecule has 0 aliphatic heterocycles. The fourth-order valence-electron chi connectivity index (χ4n) is 1.53. The first-order valence-electron chi connectivity index (χ1n) is 6.09. The van der Waals surface area contributed by atoms with E-state index >= 15 is 0 Å². The van der Waals surface area contributed by atoms with E-state index in [2.05, 4.69) is 21.9 Å². The normalized spacial score (nSPS) is 14.6. The molecule has 0 atom stereocenters. The average Bonchev–Trinajstić information content (AvgIpc) is 3.10. The lowest BCUT2D eigenvalue weighted by Crippen LogP contribution is -2.17. The van der Waals surface area contributed by atoms with Crippen LogP contribution in [0.15, 0.2) is 18.7 Å². The molecule has 1 aromatic rings. The smallest absolute Gasteiger partial charge is 0.316 e. The summed E-state index contributed by atoms with van der Waals surface area (Å²) in [5.41, 5.74) is 1.94. The molecule has 0 amide bonds. The summed E-state index contributed by atoms with van der Waals surface area (Å²) < 4.78 is 5.47. The second kappa shape index (κ2) is 5.77. The highest BCUT2D eigenvalue weighted by Crippen LogP contribution is 2.19. The summed E-state index contributed by atoms with van der Waals surface area (Å²) in [5, 5.41) is 3.43. The van der Waals surface area contributed by atoms with Crippen LogP contribution >= 0.6 is 0 Å². The predicted molar refractivity (Wildman–Crippen MR) is 66.9 cm³/mol. The third kappa shape index (κ3) is 4.15. The quantitative estimate of drug-likeness (QED) is 0.578. The number of nitrogens with zero attached hydrogens (tertiary/aromatic N) is 2. The van der Waals surface area contributed by atoms with Crippen LogP contribution in [0.3, 0.4) is 0 Å². The molecule has 0 unspecified atom stereocenters. The number of aromatic nitrogens is 2. The third-order valence-electron chi connectivity index (χ3n) is 2.59. The van der Waals surface area contributed by atoms with Crippen LogP contribution < -0.4 is 10.1 Å². The Morgan fingerprint density at radius 1 is 1.53 bits per heavy atom. The molecule has 0 bridgehead atoms. The van der Waals surface area contributed by atoms with E-state index in [0.29, 0.717) is 18.7 Å². The molecule has 1 saturated carbocycles. The average molecular weight is 233 g/mol. The number of ether oxygens (including phenoxy) is 1. The van der Waals surface area contributed by atoms with Crippen LogP contribution in [-0.2, 0) is 6.54 Å². The van der Waals surface area contributed by atoms with Gasteiger partial charge in [0.05, 0.1) is 12.3 Å². The number of hydrogen-bond donors (Lipinski definition) is 1. The molecule has 4 heteroatoms. The van der Waals surface area contributed by atoms with Gasteiger partial charge in [-0.05, 0) is 32.3 Å². The first kappa shape index (κ1) is 12.0. The van der Waals surface area contributed by atoms with Crippen LogP contribution in [0.1, 0.15) is 30.7 Å². The maximum atomic E-state index is 5.47. The van der Waals surface area contributed by atoms with E-state index in [9.17, 15) is 0 Å². The van der Waals surface area contributed by atoms with Gasteiger partial charge in [0, 0.05) is 18.3 Å². The molecule has 1 aromatic heterocycles. The number of hydrogen-bond acceptors (Lipinski definition) is 4. The van der Waals surface area contributed by atoms with E-state index in [1.54, 1.807) is 0 Å². The zero-order chi connectivity index (χ0) is 12.1. The van der Waals surface area contributed by atoms with Crippen LogP contribution in [0, 0.1) is 6.92 Å². The topological polar surface area (TPSA) is 47.0 Å². The van der Waals surface area contributed by atoms with Crippen molar-refractivity contribution in [3.05, 3.63) is 30.1 Å². The van der Waals surface area contributed by atoms with Crippen molar-refractivity contribution in [3.8, 4) is 6.01 Å². The molecule has 4 nitrogen and oxygen atoms in total. The Balaban J connectivity index is 1.92. The van der Waals surface area contributed by atoms with E-state index in [0.717, 1.165) is 24.4 Å². The van der Waals surface area contributed by atoms with Gasteiger partial charge in [-0.15, -0.1) is 6.58 Å². The fourth-order valence-corrected chi connectivity index (χ4v) is 1.53. The molecular formula is C13H19N3O. The Bertz CT molecular complexity index is 388. The van der Waals surface area contributed by atoms with Crippen LogP contribution in [0.25, 0.3) is 0 Å². The molecule has 1 aliphatic carbocycles. The molecule has 2 rings (SSSR count). The highest BCUT2D eigenvalue weighted by molar-refractivity contribution is 5.13. The van der Waals surface area contributed by atoms with E-state index in [1.807, 2.05) is 19.1 Å². The van der Waals surface area contributed by atoms with Crippen LogP contribution in [0.2, 0.25) is 0 Å². The Hall–Kier alpha value is -1.42. The fraction of sp³-hybridized carbons (Fsp3) is 0.538. The van der Waals surface area contributed by atoms with Gasteiger partial charge < -0.3 is 10.1 Å². The van der Waals surface area contributed by atoms with E-state index in [1.165, 1.54) is 12.8 Å². The first-order chi connectivity index (χ1) is 8.28. The zero-order valence-corrected chi connectivity index (χ0v) is 10.3. The standard InChI is InChI=1S/C13H19N3O/c1-3-4-7-17-13-15-10(2)8-12(16-13)9-14-11-5-6-11/h3,8,11,14H,1,4-7,9H2,2H3. The van der Waals surface area contributed by atoms with Crippen molar-refractivity contribution in [1.29, 1.82) is 0 Å². The molecule has 1 heterocycles. The Kier molecular flexibility index (Phi) is 4.09. The lowest BCUT2D eigenvalue weighted by Gasteiger charge is -2.07. The van der Waals surface area contributed by atoms with Crippen molar-refractivity contribution in [1.82, 2.24) is 15.3 Å². The van der Waals surface area contributed by atoms with E-state index in [-0.39, 0.29) is 0 Å². The van der Waals surface area contributed by atoms with Crippen molar-refractivity contribution in [3.63, 3.8) is 0 Å². The predicted octanol–water partition coefficient (Wildman–Crippen LogP) is 1.99. The van der Waals surface area contributed by atoms with Crippen LogP contribution in [0.5, 0.6) is 6.01 Å². The molecule has 0 aromatic carbocycles. The molecule has 0 spiro atoms.